The Morgan fingerprint density at radius 3 is 2.55 bits per heavy atom. The van der Waals surface area contributed by atoms with Gasteiger partial charge in [0.05, 0.1) is 0 Å². The van der Waals surface area contributed by atoms with Crippen LogP contribution in [0, 0.1) is 12.3 Å². The van der Waals surface area contributed by atoms with Crippen LogP contribution >= 0.6 is 0 Å². The minimum atomic E-state index is -0.307. The quantitative estimate of drug-likeness (QED) is 0.773. The normalized spacial score (nSPS) is 12.3. The zero-order valence-electron chi connectivity index (χ0n) is 16.1. The number of terminal acetylenes is 1. The predicted molar refractivity (Wildman–Crippen MR) is 112 cm³/mol. The van der Waals surface area contributed by atoms with Crippen molar-refractivity contribution in [3.05, 3.63) is 71.8 Å². The summed E-state index contributed by atoms with van der Waals surface area (Å²) in [5.74, 6) is 1.75. The highest BCUT2D eigenvalue weighted by Crippen LogP contribution is 2.31. The summed E-state index contributed by atoms with van der Waals surface area (Å²) < 4.78 is 0. The highest BCUT2D eigenvalue weighted by Gasteiger charge is 2.31. The van der Waals surface area contributed by atoms with Crippen LogP contribution in [0.2, 0.25) is 0 Å². The fourth-order valence-corrected chi connectivity index (χ4v) is 3.22. The highest BCUT2D eigenvalue weighted by molar-refractivity contribution is 6.09. The van der Waals surface area contributed by atoms with Crippen molar-refractivity contribution in [3.63, 3.8) is 0 Å². The van der Waals surface area contributed by atoms with Gasteiger partial charge in [-0.2, -0.15) is 0 Å². The van der Waals surface area contributed by atoms with Crippen LogP contribution < -0.4 is 10.2 Å². The van der Waals surface area contributed by atoms with E-state index in [-0.39, 0.29) is 37.2 Å². The van der Waals surface area contributed by atoms with Crippen LogP contribution in [0.25, 0.3) is 5.70 Å². The van der Waals surface area contributed by atoms with Gasteiger partial charge in [0.1, 0.15) is 6.54 Å². The summed E-state index contributed by atoms with van der Waals surface area (Å²) in [6.45, 7) is 4.02. The van der Waals surface area contributed by atoms with Crippen molar-refractivity contribution < 1.29 is 14.4 Å². The summed E-state index contributed by atoms with van der Waals surface area (Å²) in [6.07, 6.45) is 5.49. The number of carbonyl (C=O) groups excluding carboxylic acids is 3. The van der Waals surface area contributed by atoms with Gasteiger partial charge in [0.2, 0.25) is 11.8 Å². The number of carbonyl (C=O) groups is 3. The number of fused-ring (bicyclic) bond motifs is 1. The van der Waals surface area contributed by atoms with E-state index in [4.69, 9.17) is 6.42 Å². The van der Waals surface area contributed by atoms with E-state index in [1.165, 1.54) is 16.8 Å². The first kappa shape index (κ1) is 19.9. The Balaban J connectivity index is 1.77. The van der Waals surface area contributed by atoms with E-state index in [1.807, 2.05) is 12.1 Å². The van der Waals surface area contributed by atoms with E-state index in [9.17, 15) is 14.4 Å². The van der Waals surface area contributed by atoms with Gasteiger partial charge < -0.3 is 15.1 Å². The van der Waals surface area contributed by atoms with Crippen LogP contribution in [0.15, 0.2) is 55.1 Å². The van der Waals surface area contributed by atoms with Gasteiger partial charge >= 0.3 is 0 Å². The second-order valence-electron chi connectivity index (χ2n) is 6.55. The Morgan fingerprint density at radius 2 is 1.90 bits per heavy atom. The maximum absolute atomic E-state index is 13.0. The summed E-state index contributed by atoms with van der Waals surface area (Å²) >= 11 is 0. The molecule has 0 radical (unpaired) electrons. The maximum Gasteiger partial charge on any atom is 0.258 e. The zero-order chi connectivity index (χ0) is 21.0. The first-order valence-corrected chi connectivity index (χ1v) is 9.14. The Bertz CT molecular complexity index is 1000. The molecule has 1 aliphatic heterocycles. The van der Waals surface area contributed by atoms with Gasteiger partial charge in [-0.15, -0.1) is 6.42 Å². The third-order valence-electron chi connectivity index (χ3n) is 4.79. The van der Waals surface area contributed by atoms with Crippen LogP contribution in [0.1, 0.15) is 27.9 Å². The van der Waals surface area contributed by atoms with Crippen molar-refractivity contribution in [2.45, 2.75) is 6.42 Å². The van der Waals surface area contributed by atoms with Crippen LogP contribution in [-0.2, 0) is 9.59 Å². The van der Waals surface area contributed by atoms with E-state index in [0.29, 0.717) is 22.5 Å². The maximum atomic E-state index is 13.0. The molecule has 1 heterocycles. The summed E-state index contributed by atoms with van der Waals surface area (Å²) in [5, 5.41) is 2.52. The molecule has 0 spiro atoms. The van der Waals surface area contributed by atoms with E-state index >= 15 is 0 Å². The van der Waals surface area contributed by atoms with Crippen molar-refractivity contribution in [2.75, 3.05) is 25.0 Å². The number of amides is 3. The fraction of sp³-hybridized carbons (Fsp3) is 0.174. The predicted octanol–water partition coefficient (Wildman–Crippen LogP) is 2.26. The minimum absolute atomic E-state index is 0.0377. The van der Waals surface area contributed by atoms with Gasteiger partial charge in [-0.1, -0.05) is 36.8 Å². The van der Waals surface area contributed by atoms with Gasteiger partial charge in [0.25, 0.3) is 5.91 Å². The SMILES string of the molecule is C#Cc1cccc(N(CC(=O)NC)C(=O)CCN2C(=C)c3ccccc3C2=O)c1. The molecule has 6 heteroatoms. The average Bonchev–Trinajstić information content (AvgIpc) is 3.00. The van der Waals surface area contributed by atoms with Crippen LogP contribution in [-0.4, -0.2) is 42.8 Å². The summed E-state index contributed by atoms with van der Waals surface area (Å²) in [4.78, 5) is 40.4. The smallest absolute Gasteiger partial charge is 0.258 e. The highest BCUT2D eigenvalue weighted by atomic mass is 16.2. The second-order valence-corrected chi connectivity index (χ2v) is 6.55. The van der Waals surface area contributed by atoms with Gasteiger partial charge in [-0.3, -0.25) is 14.4 Å². The largest absolute Gasteiger partial charge is 0.358 e. The summed E-state index contributed by atoms with van der Waals surface area (Å²) in [5.41, 5.74) is 3.06. The van der Waals surface area contributed by atoms with Crippen molar-refractivity contribution >= 4 is 29.1 Å². The molecule has 0 atom stereocenters. The van der Waals surface area contributed by atoms with Crippen LogP contribution in [0.3, 0.4) is 0 Å². The summed E-state index contributed by atoms with van der Waals surface area (Å²) in [7, 11) is 1.51. The third kappa shape index (κ3) is 4.04. The molecule has 0 aromatic heterocycles. The lowest BCUT2D eigenvalue weighted by Crippen LogP contribution is -2.41. The zero-order valence-corrected chi connectivity index (χ0v) is 16.1. The van der Waals surface area contributed by atoms with Gasteiger partial charge in [0, 0.05) is 48.1 Å². The molecule has 3 amide bonds. The average molecular weight is 387 g/mol. The number of anilines is 1. The first-order chi connectivity index (χ1) is 14.0. The molecule has 0 aliphatic carbocycles. The number of rotatable bonds is 6. The molecule has 1 aliphatic rings. The van der Waals surface area contributed by atoms with Crippen LogP contribution in [0.5, 0.6) is 0 Å². The molecule has 0 fully saturated rings. The number of likely N-dealkylation sites (N-methyl/N-ethyl adjacent to an activating group) is 1. The number of hydrogen-bond donors (Lipinski definition) is 1. The van der Waals surface area contributed by atoms with Gasteiger partial charge in [-0.05, 0) is 24.3 Å². The lowest BCUT2D eigenvalue weighted by atomic mass is 10.1. The molecule has 3 rings (SSSR count). The Hall–Kier alpha value is -3.85. The molecule has 0 bridgehead atoms. The minimum Gasteiger partial charge on any atom is -0.358 e. The van der Waals surface area contributed by atoms with Gasteiger partial charge in [-0.25, -0.2) is 0 Å². The molecule has 1 N–H and O–H groups in total. The first-order valence-electron chi connectivity index (χ1n) is 9.14. The molecule has 29 heavy (non-hydrogen) atoms. The monoisotopic (exact) mass is 387 g/mol. The Morgan fingerprint density at radius 1 is 1.17 bits per heavy atom. The summed E-state index contributed by atoms with van der Waals surface area (Å²) in [6, 6.07) is 14.1. The number of nitrogens with zero attached hydrogens (tertiary/aromatic N) is 2. The van der Waals surface area contributed by atoms with Crippen LogP contribution in [0.4, 0.5) is 5.69 Å². The molecule has 0 saturated carbocycles. The molecule has 6 nitrogen and oxygen atoms in total. The van der Waals surface area contributed by atoms with E-state index in [0.717, 1.165) is 5.56 Å². The molecular weight excluding hydrogens is 366 g/mol. The lowest BCUT2D eigenvalue weighted by Gasteiger charge is -2.24. The fourth-order valence-electron chi connectivity index (χ4n) is 3.22. The number of nitrogens with one attached hydrogen (secondary N) is 1. The topological polar surface area (TPSA) is 69.7 Å². The van der Waals surface area contributed by atoms with E-state index in [2.05, 4.69) is 17.8 Å². The number of hydrogen-bond acceptors (Lipinski definition) is 3. The molecule has 2 aromatic rings. The standard InChI is InChI=1S/C23H21N3O3/c1-4-17-8-7-9-18(14-17)26(15-21(27)24-3)22(28)12-13-25-16(2)19-10-5-6-11-20(19)23(25)29/h1,5-11,14H,2,12-13,15H2,3H3,(H,24,27). The lowest BCUT2D eigenvalue weighted by molar-refractivity contribution is -0.123. The third-order valence-corrected chi connectivity index (χ3v) is 4.79. The molecule has 2 aromatic carbocycles. The molecule has 146 valence electrons. The Kier molecular flexibility index (Phi) is 5.79. The molecular formula is C23H21N3O3. The van der Waals surface area contributed by atoms with E-state index < -0.39 is 0 Å². The van der Waals surface area contributed by atoms with Crippen molar-refractivity contribution in [2.24, 2.45) is 0 Å². The van der Waals surface area contributed by atoms with Crippen molar-refractivity contribution in [3.8, 4) is 12.3 Å². The number of benzene rings is 2. The molecule has 0 saturated heterocycles. The van der Waals surface area contributed by atoms with Gasteiger partial charge in [0.15, 0.2) is 0 Å². The molecule has 0 unspecified atom stereocenters. The second kappa shape index (κ2) is 8.44. The van der Waals surface area contributed by atoms with E-state index in [1.54, 1.807) is 36.4 Å². The Labute approximate surface area is 169 Å². The van der Waals surface area contributed by atoms with Crippen molar-refractivity contribution in [1.82, 2.24) is 10.2 Å². The van der Waals surface area contributed by atoms with Crippen molar-refractivity contribution in [1.29, 1.82) is 0 Å².